The van der Waals surface area contributed by atoms with Crippen LogP contribution in [-0.4, -0.2) is 28.1 Å². The Hall–Kier alpha value is -2.70. The average molecular weight is 358 g/mol. The number of hydrogen-bond donors (Lipinski definition) is 2. The number of halogens is 1. The first-order chi connectivity index (χ1) is 12.5. The predicted octanol–water partition coefficient (Wildman–Crippen LogP) is 2.66. The van der Waals surface area contributed by atoms with Crippen LogP contribution in [0.5, 0.6) is 0 Å². The second-order valence-electron chi connectivity index (χ2n) is 6.64. The number of carbonyl (C=O) groups excluding carboxylic acids is 2. The highest BCUT2D eigenvalue weighted by Gasteiger charge is 2.24. The normalized spacial score (nSPS) is 14.4. The van der Waals surface area contributed by atoms with E-state index in [2.05, 4.69) is 15.7 Å². The standard InChI is InChI=1S/C19H23FN4O2/c1-24-17(22-18(25)14-6-2-3-7-14)12-16(23-24)19(26)21-10-9-13-5-4-8-15(20)11-13/h4-5,8,11-12,14H,2-3,6-7,9-10H2,1H3,(H,21,26)(H,22,25). The number of amides is 2. The lowest BCUT2D eigenvalue weighted by atomic mass is 10.1. The molecule has 6 nitrogen and oxygen atoms in total. The molecule has 7 heteroatoms. The molecule has 0 saturated heterocycles. The molecule has 2 aromatic rings. The molecule has 1 heterocycles. The molecule has 0 unspecified atom stereocenters. The van der Waals surface area contributed by atoms with Gasteiger partial charge in [0, 0.05) is 25.6 Å². The lowest BCUT2D eigenvalue weighted by molar-refractivity contribution is -0.119. The molecule has 2 amide bonds. The molecule has 0 atom stereocenters. The number of hydrogen-bond acceptors (Lipinski definition) is 3. The van der Waals surface area contributed by atoms with E-state index in [9.17, 15) is 14.0 Å². The Balaban J connectivity index is 1.53. The van der Waals surface area contributed by atoms with Crippen LogP contribution < -0.4 is 10.6 Å². The van der Waals surface area contributed by atoms with E-state index in [4.69, 9.17) is 0 Å². The molecule has 26 heavy (non-hydrogen) atoms. The van der Waals surface area contributed by atoms with Crippen LogP contribution in [0.25, 0.3) is 0 Å². The van der Waals surface area contributed by atoms with Gasteiger partial charge in [-0.1, -0.05) is 25.0 Å². The molecule has 1 aromatic carbocycles. The summed E-state index contributed by atoms with van der Waals surface area (Å²) in [6.45, 7) is 0.378. The molecule has 3 rings (SSSR count). The maximum absolute atomic E-state index is 13.1. The van der Waals surface area contributed by atoms with Crippen molar-refractivity contribution in [2.45, 2.75) is 32.1 Å². The Labute approximate surface area is 151 Å². The van der Waals surface area contributed by atoms with E-state index in [1.807, 2.05) is 6.07 Å². The van der Waals surface area contributed by atoms with Gasteiger partial charge in [0.1, 0.15) is 11.6 Å². The molecule has 0 aliphatic heterocycles. The van der Waals surface area contributed by atoms with Gasteiger partial charge in [-0.3, -0.25) is 14.3 Å². The molecule has 138 valence electrons. The molecule has 1 aliphatic carbocycles. The smallest absolute Gasteiger partial charge is 0.271 e. The number of nitrogens with one attached hydrogen (secondary N) is 2. The lowest BCUT2D eigenvalue weighted by Gasteiger charge is -2.09. The van der Waals surface area contributed by atoms with E-state index in [1.165, 1.54) is 16.8 Å². The van der Waals surface area contributed by atoms with Gasteiger partial charge in [0.2, 0.25) is 5.91 Å². The van der Waals surface area contributed by atoms with Gasteiger partial charge < -0.3 is 10.6 Å². The van der Waals surface area contributed by atoms with Crippen LogP contribution in [0.1, 0.15) is 41.7 Å². The fourth-order valence-electron chi connectivity index (χ4n) is 3.21. The number of rotatable bonds is 6. The number of aromatic nitrogens is 2. The van der Waals surface area contributed by atoms with Gasteiger partial charge in [-0.05, 0) is 37.0 Å². The summed E-state index contributed by atoms with van der Waals surface area (Å²) >= 11 is 0. The van der Waals surface area contributed by atoms with E-state index in [0.717, 1.165) is 31.2 Å². The molecule has 1 aromatic heterocycles. The first kappa shape index (κ1) is 18.1. The lowest BCUT2D eigenvalue weighted by Crippen LogP contribution is -2.26. The van der Waals surface area contributed by atoms with E-state index in [-0.39, 0.29) is 29.2 Å². The minimum absolute atomic E-state index is 0.0106. The van der Waals surface area contributed by atoms with Crippen molar-refractivity contribution >= 4 is 17.6 Å². The monoisotopic (exact) mass is 358 g/mol. The van der Waals surface area contributed by atoms with Gasteiger partial charge in [-0.25, -0.2) is 4.39 Å². The van der Waals surface area contributed by atoms with E-state index < -0.39 is 0 Å². The number of anilines is 1. The Morgan fingerprint density at radius 1 is 1.27 bits per heavy atom. The van der Waals surface area contributed by atoms with Crippen LogP contribution in [0, 0.1) is 11.7 Å². The highest BCUT2D eigenvalue weighted by Crippen LogP contribution is 2.26. The third-order valence-electron chi connectivity index (χ3n) is 4.68. The van der Waals surface area contributed by atoms with Gasteiger partial charge in [-0.15, -0.1) is 0 Å². The molecular formula is C19H23FN4O2. The number of aryl methyl sites for hydroxylation is 1. The van der Waals surface area contributed by atoms with Crippen LogP contribution in [0.15, 0.2) is 30.3 Å². The molecule has 1 aliphatic rings. The van der Waals surface area contributed by atoms with Gasteiger partial charge in [0.05, 0.1) is 0 Å². The summed E-state index contributed by atoms with van der Waals surface area (Å²) in [6.07, 6.45) is 4.53. The van der Waals surface area contributed by atoms with Crippen molar-refractivity contribution in [1.29, 1.82) is 0 Å². The summed E-state index contributed by atoms with van der Waals surface area (Å²) in [5.41, 5.74) is 1.06. The summed E-state index contributed by atoms with van der Waals surface area (Å²) < 4.78 is 14.6. The number of nitrogens with zero attached hydrogens (tertiary/aromatic N) is 2. The summed E-state index contributed by atoms with van der Waals surface area (Å²) in [6, 6.07) is 7.86. The maximum atomic E-state index is 13.1. The highest BCUT2D eigenvalue weighted by molar-refractivity contribution is 5.96. The average Bonchev–Trinajstić information content (AvgIpc) is 3.25. The second-order valence-corrected chi connectivity index (χ2v) is 6.64. The summed E-state index contributed by atoms with van der Waals surface area (Å²) in [5.74, 6) is -0.0613. The number of benzene rings is 1. The minimum atomic E-state index is -0.321. The summed E-state index contributed by atoms with van der Waals surface area (Å²) in [4.78, 5) is 24.5. The van der Waals surface area contributed by atoms with Gasteiger partial charge in [-0.2, -0.15) is 5.10 Å². The Morgan fingerprint density at radius 2 is 2.04 bits per heavy atom. The van der Waals surface area contributed by atoms with E-state index in [1.54, 1.807) is 19.2 Å². The first-order valence-corrected chi connectivity index (χ1v) is 8.90. The van der Waals surface area contributed by atoms with E-state index >= 15 is 0 Å². The van der Waals surface area contributed by atoms with Crippen molar-refractivity contribution in [2.24, 2.45) is 13.0 Å². The Bertz CT molecular complexity index is 797. The highest BCUT2D eigenvalue weighted by atomic mass is 19.1. The first-order valence-electron chi connectivity index (χ1n) is 8.90. The van der Waals surface area contributed by atoms with Crippen LogP contribution in [0.2, 0.25) is 0 Å². The third-order valence-corrected chi connectivity index (χ3v) is 4.68. The van der Waals surface area contributed by atoms with Crippen molar-refractivity contribution in [3.8, 4) is 0 Å². The second kappa shape index (κ2) is 8.12. The molecule has 1 saturated carbocycles. The summed E-state index contributed by atoms with van der Waals surface area (Å²) in [5, 5.41) is 9.78. The fraction of sp³-hybridized carbons (Fsp3) is 0.421. The van der Waals surface area contributed by atoms with E-state index in [0.29, 0.717) is 18.8 Å². The quantitative estimate of drug-likeness (QED) is 0.833. The third kappa shape index (κ3) is 4.47. The summed E-state index contributed by atoms with van der Waals surface area (Å²) in [7, 11) is 1.69. The number of carbonyl (C=O) groups is 2. The Kier molecular flexibility index (Phi) is 5.65. The zero-order valence-electron chi connectivity index (χ0n) is 14.8. The van der Waals surface area contributed by atoms with Gasteiger partial charge in [0.15, 0.2) is 5.69 Å². The molecular weight excluding hydrogens is 335 g/mol. The molecule has 2 N–H and O–H groups in total. The minimum Gasteiger partial charge on any atom is -0.350 e. The van der Waals surface area contributed by atoms with Crippen LogP contribution in [0.3, 0.4) is 0 Å². The van der Waals surface area contributed by atoms with Crippen LogP contribution in [0.4, 0.5) is 10.2 Å². The zero-order valence-corrected chi connectivity index (χ0v) is 14.8. The molecule has 0 spiro atoms. The van der Waals surface area contributed by atoms with Crippen LogP contribution in [-0.2, 0) is 18.3 Å². The topological polar surface area (TPSA) is 76.0 Å². The Morgan fingerprint density at radius 3 is 2.77 bits per heavy atom. The molecule has 1 fully saturated rings. The molecule has 0 bridgehead atoms. The molecule has 0 radical (unpaired) electrons. The van der Waals surface area contributed by atoms with Gasteiger partial charge in [0.25, 0.3) is 5.91 Å². The van der Waals surface area contributed by atoms with Crippen molar-refractivity contribution in [3.05, 3.63) is 47.4 Å². The maximum Gasteiger partial charge on any atom is 0.271 e. The largest absolute Gasteiger partial charge is 0.350 e. The van der Waals surface area contributed by atoms with Crippen molar-refractivity contribution in [1.82, 2.24) is 15.1 Å². The van der Waals surface area contributed by atoms with Crippen molar-refractivity contribution < 1.29 is 14.0 Å². The van der Waals surface area contributed by atoms with Crippen LogP contribution >= 0.6 is 0 Å². The van der Waals surface area contributed by atoms with Crippen molar-refractivity contribution in [2.75, 3.05) is 11.9 Å². The SMILES string of the molecule is Cn1nc(C(=O)NCCc2cccc(F)c2)cc1NC(=O)C1CCCC1. The fourth-order valence-corrected chi connectivity index (χ4v) is 3.21. The van der Waals surface area contributed by atoms with Crippen molar-refractivity contribution in [3.63, 3.8) is 0 Å². The predicted molar refractivity (Wildman–Crippen MR) is 96.2 cm³/mol. The zero-order chi connectivity index (χ0) is 18.5. The van der Waals surface area contributed by atoms with Gasteiger partial charge >= 0.3 is 0 Å².